The fraction of sp³-hybridized carbons (Fsp3) is 0.500. The van der Waals surface area contributed by atoms with Gasteiger partial charge in [-0.1, -0.05) is 40.0 Å². The van der Waals surface area contributed by atoms with Crippen molar-refractivity contribution >= 4 is 59.8 Å². The predicted molar refractivity (Wildman–Crippen MR) is 108 cm³/mol. The van der Waals surface area contributed by atoms with Crippen molar-refractivity contribution in [3.8, 4) is 0 Å². The Labute approximate surface area is 196 Å². The minimum absolute atomic E-state index is 0. The van der Waals surface area contributed by atoms with E-state index in [1.54, 1.807) is 20.8 Å². The normalized spacial score (nSPS) is 9.07. The van der Waals surface area contributed by atoms with E-state index in [1.807, 2.05) is 0 Å². The molecule has 4 N–H and O–H groups in total. The first-order chi connectivity index (χ1) is 13.3. The topological polar surface area (TPSA) is 207 Å². The first kappa shape index (κ1) is 35.6. The van der Waals surface area contributed by atoms with Crippen LogP contribution in [0.25, 0.3) is 0 Å². The number of nitrogens with two attached hydrogens (primary N) is 2. The van der Waals surface area contributed by atoms with E-state index in [4.69, 9.17) is 10.9 Å². The standard InChI is InChI=1S/C6H8N2O2S.3C4H8O2.Bi/c7-5-1-3-6(4-2-5)11(8,9)10;3*1-2-3-4(5)6;/h1-4H,7H2,(H2,8,9,10);3*2-3H2,1H3,(H,5,6);/q;;;;+3/p-3. The molecule has 0 amide bonds. The van der Waals surface area contributed by atoms with Crippen LogP contribution in [0.4, 0.5) is 5.69 Å². The third kappa shape index (κ3) is 30.9. The number of hydrogen-bond donors (Lipinski definition) is 2. The molecule has 12 heteroatoms. The van der Waals surface area contributed by atoms with Gasteiger partial charge in [0.1, 0.15) is 0 Å². The van der Waals surface area contributed by atoms with E-state index in [0.29, 0.717) is 24.9 Å². The molecule has 0 heterocycles. The maximum absolute atomic E-state index is 10.7. The Morgan fingerprint density at radius 2 is 1.03 bits per heavy atom. The summed E-state index contributed by atoms with van der Waals surface area (Å²) in [6.45, 7) is 5.40. The van der Waals surface area contributed by atoms with Gasteiger partial charge in [-0.05, 0) is 43.5 Å². The summed E-state index contributed by atoms with van der Waals surface area (Å²) in [5, 5.41) is 33.3. The molecular formula is C18H29BiN2O8S. The average molecular weight is 642 g/mol. The molecule has 0 fully saturated rings. The molecular weight excluding hydrogens is 613 g/mol. The van der Waals surface area contributed by atoms with Crippen LogP contribution in [0.2, 0.25) is 0 Å². The molecule has 0 aliphatic carbocycles. The minimum atomic E-state index is -3.58. The Bertz CT molecular complexity index is 657. The van der Waals surface area contributed by atoms with Gasteiger partial charge in [0.2, 0.25) is 10.0 Å². The van der Waals surface area contributed by atoms with Gasteiger partial charge in [-0.25, -0.2) is 13.6 Å². The van der Waals surface area contributed by atoms with Crippen LogP contribution < -0.4 is 26.2 Å². The van der Waals surface area contributed by atoms with Crippen molar-refractivity contribution in [1.82, 2.24) is 0 Å². The summed E-state index contributed by atoms with van der Waals surface area (Å²) in [5.41, 5.74) is 5.85. The molecule has 0 spiro atoms. The third-order valence-electron chi connectivity index (χ3n) is 2.57. The summed E-state index contributed by atoms with van der Waals surface area (Å²) in [5.74, 6) is -2.88. The Morgan fingerprint density at radius 3 is 1.17 bits per heavy atom. The molecule has 30 heavy (non-hydrogen) atoms. The molecule has 1 aromatic rings. The van der Waals surface area contributed by atoms with Gasteiger partial charge < -0.3 is 35.4 Å². The van der Waals surface area contributed by atoms with Crippen LogP contribution in [0.3, 0.4) is 0 Å². The Hall–Kier alpha value is -1.78. The summed E-state index contributed by atoms with van der Waals surface area (Å²) < 4.78 is 21.4. The second-order valence-corrected chi connectivity index (χ2v) is 7.04. The fourth-order valence-corrected chi connectivity index (χ4v) is 1.79. The van der Waals surface area contributed by atoms with Crippen molar-refractivity contribution in [2.45, 2.75) is 64.2 Å². The molecule has 0 bridgehead atoms. The van der Waals surface area contributed by atoms with Crippen LogP contribution in [0.15, 0.2) is 29.2 Å². The average Bonchev–Trinajstić information content (AvgIpc) is 2.55. The van der Waals surface area contributed by atoms with Gasteiger partial charge >= 0.3 is 26.2 Å². The van der Waals surface area contributed by atoms with Crippen LogP contribution in [0.5, 0.6) is 0 Å². The second kappa shape index (κ2) is 21.9. The number of aliphatic carboxylic acids is 3. The van der Waals surface area contributed by atoms with Gasteiger partial charge in [-0.2, -0.15) is 0 Å². The maximum Gasteiger partial charge on any atom is 3.00 e. The summed E-state index contributed by atoms with van der Waals surface area (Å²) in [7, 11) is -3.58. The Balaban J connectivity index is -0.000000157. The molecule has 0 aliphatic heterocycles. The largest absolute Gasteiger partial charge is 3.00 e. The van der Waals surface area contributed by atoms with Crippen molar-refractivity contribution in [2.75, 3.05) is 5.73 Å². The number of anilines is 1. The minimum Gasteiger partial charge on any atom is -0.550 e. The first-order valence-corrected chi connectivity index (χ1v) is 10.3. The first-order valence-electron chi connectivity index (χ1n) is 8.79. The van der Waals surface area contributed by atoms with Crippen molar-refractivity contribution in [3.05, 3.63) is 24.3 Å². The number of benzene rings is 1. The number of carbonyl (C=O) groups is 3. The Morgan fingerprint density at radius 1 is 0.767 bits per heavy atom. The predicted octanol–water partition coefficient (Wildman–Crippen LogP) is -1.86. The van der Waals surface area contributed by atoms with Crippen LogP contribution in [-0.4, -0.2) is 52.5 Å². The van der Waals surface area contributed by atoms with Gasteiger partial charge in [0.05, 0.1) is 4.90 Å². The molecule has 0 aliphatic rings. The van der Waals surface area contributed by atoms with Gasteiger partial charge in [-0.15, -0.1) is 0 Å². The monoisotopic (exact) mass is 642 g/mol. The molecule has 10 nitrogen and oxygen atoms in total. The summed E-state index contributed by atoms with van der Waals surface area (Å²) in [6, 6.07) is 5.70. The van der Waals surface area contributed by atoms with Crippen molar-refractivity contribution in [3.63, 3.8) is 0 Å². The Kier molecular flexibility index (Phi) is 26.0. The van der Waals surface area contributed by atoms with Crippen LogP contribution in [-0.2, 0) is 24.4 Å². The van der Waals surface area contributed by atoms with Crippen molar-refractivity contribution in [1.29, 1.82) is 0 Å². The number of primary sulfonamides is 1. The summed E-state index contributed by atoms with van der Waals surface area (Å²) in [6.07, 6.45) is 2.55. The van der Waals surface area contributed by atoms with E-state index in [2.05, 4.69) is 0 Å². The van der Waals surface area contributed by atoms with Gasteiger partial charge in [-0.3, -0.25) is 0 Å². The quantitative estimate of drug-likeness (QED) is 0.252. The molecule has 0 aromatic heterocycles. The SMILES string of the molecule is CCCC(=O)[O-].CCCC(=O)[O-].CCCC(=O)[O-].Nc1ccc(S(N)(=O)=O)cc1.[Bi+3]. The summed E-state index contributed by atoms with van der Waals surface area (Å²) in [4.78, 5) is 28.5. The van der Waals surface area contributed by atoms with E-state index >= 15 is 0 Å². The van der Waals surface area contributed by atoms with E-state index in [1.165, 1.54) is 24.3 Å². The fourth-order valence-electron chi connectivity index (χ4n) is 1.27. The molecule has 2 radical (unpaired) electrons. The number of sulfonamides is 1. The number of hydrogen-bond acceptors (Lipinski definition) is 9. The number of rotatable bonds is 7. The van der Waals surface area contributed by atoms with E-state index in [9.17, 15) is 38.1 Å². The number of carboxylic acids is 3. The zero-order valence-electron chi connectivity index (χ0n) is 17.3. The molecule has 1 aromatic carbocycles. The summed E-state index contributed by atoms with van der Waals surface area (Å²) >= 11 is 0. The molecule has 1 rings (SSSR count). The third-order valence-corrected chi connectivity index (χ3v) is 3.50. The molecule has 0 unspecified atom stereocenters. The number of carboxylic acid groups (broad SMARTS) is 3. The van der Waals surface area contributed by atoms with Gasteiger partial charge in [0.25, 0.3) is 0 Å². The zero-order valence-corrected chi connectivity index (χ0v) is 21.6. The molecule has 170 valence electrons. The van der Waals surface area contributed by atoms with E-state index in [-0.39, 0.29) is 50.4 Å². The molecule has 0 atom stereocenters. The molecule has 0 saturated heterocycles. The van der Waals surface area contributed by atoms with Gasteiger partial charge in [0.15, 0.2) is 0 Å². The van der Waals surface area contributed by atoms with Crippen molar-refractivity contribution < 1.29 is 38.1 Å². The smallest absolute Gasteiger partial charge is 0.550 e. The van der Waals surface area contributed by atoms with Crippen LogP contribution >= 0.6 is 0 Å². The van der Waals surface area contributed by atoms with E-state index in [0.717, 1.165) is 0 Å². The van der Waals surface area contributed by atoms with E-state index < -0.39 is 27.9 Å². The van der Waals surface area contributed by atoms with Crippen LogP contribution in [0, 0.1) is 0 Å². The second-order valence-electron chi connectivity index (χ2n) is 5.48. The van der Waals surface area contributed by atoms with Crippen molar-refractivity contribution in [2.24, 2.45) is 5.14 Å². The van der Waals surface area contributed by atoms with Crippen LogP contribution in [0.1, 0.15) is 59.3 Å². The number of carbonyl (C=O) groups excluding carboxylic acids is 3. The van der Waals surface area contributed by atoms with Gasteiger partial charge in [0, 0.05) is 23.6 Å². The zero-order chi connectivity index (χ0) is 23.5. The molecule has 0 saturated carbocycles. The maximum atomic E-state index is 10.7. The number of nitrogen functional groups attached to an aromatic ring is 1.